The normalized spacial score (nSPS) is 18.5. The number of primary amides is 1. The molecule has 4 heteroatoms. The van der Waals surface area contributed by atoms with E-state index >= 15 is 0 Å². The molecular formula is C13H17NO3. The summed E-state index contributed by atoms with van der Waals surface area (Å²) in [5, 5.41) is 0. The molecule has 2 N–H and O–H groups in total. The van der Waals surface area contributed by atoms with Crippen molar-refractivity contribution >= 4 is 5.91 Å². The fourth-order valence-electron chi connectivity index (χ4n) is 1.61. The Kier molecular flexibility index (Phi) is 3.65. The van der Waals surface area contributed by atoms with Gasteiger partial charge in [-0.1, -0.05) is 0 Å². The van der Waals surface area contributed by atoms with Crippen molar-refractivity contribution in [2.75, 3.05) is 6.61 Å². The van der Waals surface area contributed by atoms with Gasteiger partial charge >= 0.3 is 0 Å². The van der Waals surface area contributed by atoms with Crippen LogP contribution in [0.1, 0.15) is 24.6 Å². The lowest BCUT2D eigenvalue weighted by Crippen LogP contribution is -2.21. The molecule has 1 aromatic carbocycles. The van der Waals surface area contributed by atoms with Crippen molar-refractivity contribution in [3.63, 3.8) is 0 Å². The molecule has 2 rings (SSSR count). The Morgan fingerprint density at radius 3 is 2.82 bits per heavy atom. The highest BCUT2D eigenvalue weighted by Crippen LogP contribution is 2.15. The number of hydrogen-bond donors (Lipinski definition) is 1. The van der Waals surface area contributed by atoms with Crippen molar-refractivity contribution in [3.05, 3.63) is 42.2 Å². The molecule has 0 spiro atoms. The maximum Gasteiger partial charge on any atom is 0.248 e. The lowest BCUT2D eigenvalue weighted by molar-refractivity contribution is 0.0732. The van der Waals surface area contributed by atoms with Crippen LogP contribution in [-0.2, 0) is 4.74 Å². The van der Waals surface area contributed by atoms with Gasteiger partial charge in [-0.15, -0.1) is 0 Å². The Labute approximate surface area is 102 Å². The molecule has 1 aromatic rings. The van der Waals surface area contributed by atoms with Gasteiger partial charge in [-0.05, 0) is 43.2 Å². The minimum atomic E-state index is -0.433. The average Bonchev–Trinajstić information content (AvgIpc) is 2.38. The van der Waals surface area contributed by atoms with Crippen LogP contribution in [0.3, 0.4) is 0 Å². The Balaban J connectivity index is 0.00000162. The second-order valence-corrected chi connectivity index (χ2v) is 3.91. The first-order valence-electron chi connectivity index (χ1n) is 5.59. The van der Waals surface area contributed by atoms with Gasteiger partial charge in [0.2, 0.25) is 5.91 Å². The van der Waals surface area contributed by atoms with Gasteiger partial charge in [-0.25, -0.2) is 0 Å². The van der Waals surface area contributed by atoms with Gasteiger partial charge in [0.25, 0.3) is 0 Å². The SMILES string of the molecule is NC(=O)c1ccc(OCC2CCC=CO2)cc1.[HH]. The summed E-state index contributed by atoms with van der Waals surface area (Å²) >= 11 is 0. The fourth-order valence-corrected chi connectivity index (χ4v) is 1.61. The monoisotopic (exact) mass is 235 g/mol. The third kappa shape index (κ3) is 3.24. The highest BCUT2D eigenvalue weighted by atomic mass is 16.5. The molecule has 17 heavy (non-hydrogen) atoms. The summed E-state index contributed by atoms with van der Waals surface area (Å²) in [6, 6.07) is 6.77. The smallest absolute Gasteiger partial charge is 0.248 e. The quantitative estimate of drug-likeness (QED) is 0.869. The van der Waals surface area contributed by atoms with Gasteiger partial charge in [0.05, 0.1) is 6.26 Å². The zero-order valence-electron chi connectivity index (χ0n) is 9.46. The van der Waals surface area contributed by atoms with E-state index in [0.717, 1.165) is 12.8 Å². The van der Waals surface area contributed by atoms with Gasteiger partial charge in [0.1, 0.15) is 18.5 Å². The third-order valence-electron chi connectivity index (χ3n) is 2.60. The average molecular weight is 235 g/mol. The molecule has 1 atom stereocenters. The molecule has 0 aromatic heterocycles. The summed E-state index contributed by atoms with van der Waals surface area (Å²) in [6.07, 6.45) is 5.81. The van der Waals surface area contributed by atoms with E-state index < -0.39 is 5.91 Å². The van der Waals surface area contributed by atoms with Crippen LogP contribution < -0.4 is 10.5 Å². The minimum absolute atomic E-state index is 0. The van der Waals surface area contributed by atoms with Crippen molar-refractivity contribution in [1.82, 2.24) is 0 Å². The molecule has 1 unspecified atom stereocenters. The lowest BCUT2D eigenvalue weighted by atomic mass is 10.2. The second kappa shape index (κ2) is 5.39. The molecule has 1 aliphatic rings. The second-order valence-electron chi connectivity index (χ2n) is 3.91. The molecule has 0 radical (unpaired) electrons. The van der Waals surface area contributed by atoms with Crippen LogP contribution in [0.2, 0.25) is 0 Å². The first kappa shape index (κ1) is 11.5. The highest BCUT2D eigenvalue weighted by molar-refractivity contribution is 5.92. The molecule has 4 nitrogen and oxygen atoms in total. The fraction of sp³-hybridized carbons (Fsp3) is 0.308. The standard InChI is InChI=1S/C13H15NO3.H2/c14-13(15)10-4-6-11(7-5-10)17-9-12-3-1-2-8-16-12;/h2,4-8,12H,1,3,9H2,(H2,14,15);1H. The van der Waals surface area contributed by atoms with E-state index in [9.17, 15) is 4.79 Å². The van der Waals surface area contributed by atoms with E-state index in [1.165, 1.54) is 0 Å². The molecule has 0 bridgehead atoms. The van der Waals surface area contributed by atoms with Crippen LogP contribution in [0.4, 0.5) is 0 Å². The number of rotatable bonds is 4. The molecule has 92 valence electrons. The van der Waals surface area contributed by atoms with Crippen molar-refractivity contribution in [3.8, 4) is 5.75 Å². The Bertz CT molecular complexity index is 417. The molecule has 1 aliphatic heterocycles. The van der Waals surface area contributed by atoms with Crippen LogP contribution in [0.25, 0.3) is 0 Å². The van der Waals surface area contributed by atoms with E-state index in [2.05, 4.69) is 0 Å². The number of carbonyl (C=O) groups is 1. The molecule has 0 aliphatic carbocycles. The van der Waals surface area contributed by atoms with E-state index in [1.807, 2.05) is 6.08 Å². The van der Waals surface area contributed by atoms with Gasteiger partial charge in [-0.3, -0.25) is 4.79 Å². The highest BCUT2D eigenvalue weighted by Gasteiger charge is 2.11. The summed E-state index contributed by atoms with van der Waals surface area (Å²) in [6.45, 7) is 0.514. The van der Waals surface area contributed by atoms with Gasteiger partial charge in [-0.2, -0.15) is 0 Å². The Morgan fingerprint density at radius 1 is 1.47 bits per heavy atom. The third-order valence-corrected chi connectivity index (χ3v) is 2.60. The summed E-state index contributed by atoms with van der Waals surface area (Å²) in [5.74, 6) is 0.283. The predicted octanol–water partition coefficient (Wildman–Crippen LogP) is 2.10. The zero-order valence-corrected chi connectivity index (χ0v) is 9.46. The molecular weight excluding hydrogens is 218 g/mol. The number of allylic oxidation sites excluding steroid dienone is 1. The predicted molar refractivity (Wildman–Crippen MR) is 65.8 cm³/mol. The number of carbonyl (C=O) groups excluding carboxylic acids is 1. The molecule has 1 amide bonds. The first-order chi connectivity index (χ1) is 8.25. The van der Waals surface area contributed by atoms with E-state index in [1.54, 1.807) is 30.5 Å². The van der Waals surface area contributed by atoms with Gasteiger partial charge in [0, 0.05) is 6.99 Å². The summed E-state index contributed by atoms with van der Waals surface area (Å²) in [5.41, 5.74) is 5.63. The Hall–Kier alpha value is -1.97. The van der Waals surface area contributed by atoms with Crippen molar-refractivity contribution in [1.29, 1.82) is 0 Å². The molecule has 0 fully saturated rings. The molecule has 0 saturated carbocycles. The number of hydrogen-bond acceptors (Lipinski definition) is 3. The van der Waals surface area contributed by atoms with Crippen LogP contribution >= 0.6 is 0 Å². The Morgan fingerprint density at radius 2 is 2.24 bits per heavy atom. The van der Waals surface area contributed by atoms with Crippen LogP contribution in [0, 0.1) is 0 Å². The summed E-state index contributed by atoms with van der Waals surface area (Å²) < 4.78 is 11.0. The van der Waals surface area contributed by atoms with E-state index in [0.29, 0.717) is 17.9 Å². The maximum atomic E-state index is 10.9. The van der Waals surface area contributed by atoms with E-state index in [-0.39, 0.29) is 7.53 Å². The number of nitrogens with two attached hydrogens (primary N) is 1. The van der Waals surface area contributed by atoms with Crippen molar-refractivity contribution in [2.24, 2.45) is 5.73 Å². The van der Waals surface area contributed by atoms with Crippen LogP contribution in [0.5, 0.6) is 5.75 Å². The van der Waals surface area contributed by atoms with Crippen molar-refractivity contribution < 1.29 is 15.7 Å². The number of amides is 1. The molecule has 0 saturated heterocycles. The maximum absolute atomic E-state index is 10.9. The largest absolute Gasteiger partial charge is 0.495 e. The van der Waals surface area contributed by atoms with E-state index in [4.69, 9.17) is 15.2 Å². The van der Waals surface area contributed by atoms with Gasteiger partial charge in [0.15, 0.2) is 0 Å². The first-order valence-corrected chi connectivity index (χ1v) is 5.59. The van der Waals surface area contributed by atoms with Crippen molar-refractivity contribution in [2.45, 2.75) is 18.9 Å². The topological polar surface area (TPSA) is 61.6 Å². The minimum Gasteiger partial charge on any atom is -0.495 e. The van der Waals surface area contributed by atoms with Crippen LogP contribution in [-0.4, -0.2) is 18.6 Å². The molecule has 1 heterocycles. The zero-order chi connectivity index (χ0) is 12.1. The van der Waals surface area contributed by atoms with Crippen LogP contribution in [0.15, 0.2) is 36.6 Å². The number of ether oxygens (including phenoxy) is 2. The lowest BCUT2D eigenvalue weighted by Gasteiger charge is -2.19. The summed E-state index contributed by atoms with van der Waals surface area (Å²) in [7, 11) is 0. The van der Waals surface area contributed by atoms with Gasteiger partial charge < -0.3 is 15.2 Å². The summed E-state index contributed by atoms with van der Waals surface area (Å²) in [4.78, 5) is 10.9. The number of benzene rings is 1.